The van der Waals surface area contributed by atoms with Crippen molar-refractivity contribution >= 4 is 5.78 Å². The lowest BCUT2D eigenvalue weighted by Crippen LogP contribution is -2.07. The van der Waals surface area contributed by atoms with Gasteiger partial charge >= 0.3 is 0 Å². The average molecular weight is 197 g/mol. The molecule has 1 heterocycles. The van der Waals surface area contributed by atoms with E-state index in [9.17, 15) is 9.18 Å². The van der Waals surface area contributed by atoms with Crippen LogP contribution in [-0.4, -0.2) is 24.0 Å². The molecule has 0 N–H and O–H groups in total. The van der Waals surface area contributed by atoms with Gasteiger partial charge < -0.3 is 4.74 Å². The number of ketones is 1. The van der Waals surface area contributed by atoms with Gasteiger partial charge in [-0.3, -0.25) is 9.78 Å². The monoisotopic (exact) mass is 197 g/mol. The molecule has 3 nitrogen and oxygen atoms in total. The molecule has 14 heavy (non-hydrogen) atoms. The van der Waals surface area contributed by atoms with E-state index in [1.807, 2.05) is 6.92 Å². The smallest absolute Gasteiger partial charge is 0.168 e. The molecule has 1 aromatic heterocycles. The Bertz CT molecular complexity index is 315. The van der Waals surface area contributed by atoms with Crippen molar-refractivity contribution in [3.8, 4) is 0 Å². The zero-order chi connectivity index (χ0) is 10.4. The quantitative estimate of drug-likeness (QED) is 0.534. The van der Waals surface area contributed by atoms with E-state index in [2.05, 4.69) is 4.98 Å². The predicted molar refractivity (Wildman–Crippen MR) is 49.6 cm³/mol. The van der Waals surface area contributed by atoms with Crippen molar-refractivity contribution < 1.29 is 13.9 Å². The maximum absolute atomic E-state index is 13.0. The number of pyridine rings is 1. The van der Waals surface area contributed by atoms with Crippen molar-refractivity contribution in [3.63, 3.8) is 0 Å². The number of rotatable bonds is 5. The van der Waals surface area contributed by atoms with Gasteiger partial charge in [0, 0.05) is 19.2 Å². The van der Waals surface area contributed by atoms with Crippen molar-refractivity contribution in [1.29, 1.82) is 0 Å². The van der Waals surface area contributed by atoms with E-state index in [0.717, 1.165) is 6.20 Å². The van der Waals surface area contributed by atoms with E-state index >= 15 is 0 Å². The first kappa shape index (κ1) is 10.8. The van der Waals surface area contributed by atoms with Gasteiger partial charge in [-0.15, -0.1) is 0 Å². The van der Waals surface area contributed by atoms with Gasteiger partial charge in [0.25, 0.3) is 0 Å². The lowest BCUT2D eigenvalue weighted by atomic mass is 10.1. The minimum absolute atomic E-state index is 0.0831. The number of nitrogens with zero attached hydrogens (tertiary/aromatic N) is 1. The van der Waals surface area contributed by atoms with E-state index in [4.69, 9.17) is 4.74 Å². The maximum atomic E-state index is 13.0. The van der Waals surface area contributed by atoms with Gasteiger partial charge in [-0.25, -0.2) is 4.39 Å². The second kappa shape index (κ2) is 5.44. The summed E-state index contributed by atoms with van der Waals surface area (Å²) in [5.41, 5.74) is 0.0831. The lowest BCUT2D eigenvalue weighted by molar-refractivity contribution is 0.0892. The number of carbonyl (C=O) groups excluding carboxylic acids is 1. The fourth-order valence-electron chi connectivity index (χ4n) is 1.05. The third kappa shape index (κ3) is 2.88. The molecular formula is C10H12FNO2. The van der Waals surface area contributed by atoms with Crippen LogP contribution in [0.5, 0.6) is 0 Å². The van der Waals surface area contributed by atoms with Gasteiger partial charge in [0.05, 0.1) is 18.4 Å². The highest BCUT2D eigenvalue weighted by atomic mass is 19.1. The van der Waals surface area contributed by atoms with Crippen molar-refractivity contribution in [2.24, 2.45) is 0 Å². The molecule has 0 saturated heterocycles. The zero-order valence-electron chi connectivity index (χ0n) is 8.00. The van der Waals surface area contributed by atoms with Crippen LogP contribution in [0.2, 0.25) is 0 Å². The summed E-state index contributed by atoms with van der Waals surface area (Å²) in [6.07, 6.45) is 2.64. The summed E-state index contributed by atoms with van der Waals surface area (Å²) in [6.45, 7) is 2.74. The summed E-state index contributed by atoms with van der Waals surface area (Å²) in [6, 6.07) is 1.38. The van der Waals surface area contributed by atoms with Gasteiger partial charge in [-0.2, -0.15) is 0 Å². The summed E-state index contributed by atoms with van der Waals surface area (Å²) in [5.74, 6) is -0.827. The second-order valence-electron chi connectivity index (χ2n) is 2.73. The summed E-state index contributed by atoms with van der Waals surface area (Å²) in [5, 5.41) is 0. The van der Waals surface area contributed by atoms with Crippen LogP contribution in [0.3, 0.4) is 0 Å². The highest BCUT2D eigenvalue weighted by molar-refractivity contribution is 5.96. The SMILES string of the molecule is CCOCCC(=O)c1ccncc1F. The second-order valence-corrected chi connectivity index (χ2v) is 2.73. The molecule has 0 bridgehead atoms. The molecule has 76 valence electrons. The number of aromatic nitrogens is 1. The molecular weight excluding hydrogens is 185 g/mol. The van der Waals surface area contributed by atoms with Gasteiger partial charge in [0.15, 0.2) is 11.6 Å². The number of ether oxygens (including phenoxy) is 1. The number of hydrogen-bond donors (Lipinski definition) is 0. The number of halogens is 1. The molecule has 0 aliphatic carbocycles. The van der Waals surface area contributed by atoms with E-state index in [1.165, 1.54) is 12.3 Å². The van der Waals surface area contributed by atoms with E-state index in [-0.39, 0.29) is 17.8 Å². The van der Waals surface area contributed by atoms with E-state index in [0.29, 0.717) is 13.2 Å². The summed E-state index contributed by atoms with van der Waals surface area (Å²) < 4.78 is 18.0. The van der Waals surface area contributed by atoms with Crippen molar-refractivity contribution in [2.75, 3.05) is 13.2 Å². The Balaban J connectivity index is 2.56. The molecule has 0 unspecified atom stereocenters. The maximum Gasteiger partial charge on any atom is 0.168 e. The third-order valence-electron chi connectivity index (χ3n) is 1.75. The molecule has 0 fully saturated rings. The van der Waals surface area contributed by atoms with Gasteiger partial charge in [0.1, 0.15) is 0 Å². The average Bonchev–Trinajstić information content (AvgIpc) is 2.18. The Morgan fingerprint density at radius 3 is 3.07 bits per heavy atom. The number of carbonyl (C=O) groups is 1. The first-order chi connectivity index (χ1) is 6.75. The highest BCUT2D eigenvalue weighted by Gasteiger charge is 2.10. The molecule has 0 amide bonds. The molecule has 0 aliphatic heterocycles. The first-order valence-electron chi connectivity index (χ1n) is 4.46. The van der Waals surface area contributed by atoms with Crippen molar-refractivity contribution in [1.82, 2.24) is 4.98 Å². The fourth-order valence-corrected chi connectivity index (χ4v) is 1.05. The first-order valence-corrected chi connectivity index (χ1v) is 4.46. The summed E-state index contributed by atoms with van der Waals surface area (Å²) >= 11 is 0. The molecule has 0 saturated carbocycles. The van der Waals surface area contributed by atoms with Gasteiger partial charge in [-0.1, -0.05) is 0 Å². The lowest BCUT2D eigenvalue weighted by Gasteiger charge is -2.01. The summed E-state index contributed by atoms with van der Waals surface area (Å²) in [7, 11) is 0. The number of Topliss-reactive ketones (excluding diaryl/α,β-unsaturated/α-hetero) is 1. The van der Waals surface area contributed by atoms with Crippen molar-refractivity contribution in [2.45, 2.75) is 13.3 Å². The third-order valence-corrected chi connectivity index (χ3v) is 1.75. The molecule has 0 aromatic carbocycles. The normalized spacial score (nSPS) is 10.1. The van der Waals surface area contributed by atoms with Crippen LogP contribution in [-0.2, 0) is 4.74 Å². The topological polar surface area (TPSA) is 39.2 Å². The predicted octanol–water partition coefficient (Wildman–Crippen LogP) is 1.83. The molecule has 0 radical (unpaired) electrons. The van der Waals surface area contributed by atoms with Crippen LogP contribution in [0.1, 0.15) is 23.7 Å². The minimum Gasteiger partial charge on any atom is -0.381 e. The van der Waals surface area contributed by atoms with Crippen LogP contribution < -0.4 is 0 Å². The Morgan fingerprint density at radius 2 is 2.43 bits per heavy atom. The fraction of sp³-hybridized carbons (Fsp3) is 0.400. The van der Waals surface area contributed by atoms with E-state index < -0.39 is 5.82 Å². The Hall–Kier alpha value is -1.29. The van der Waals surface area contributed by atoms with Crippen LogP contribution in [0.25, 0.3) is 0 Å². The highest BCUT2D eigenvalue weighted by Crippen LogP contribution is 2.07. The summed E-state index contributed by atoms with van der Waals surface area (Å²) in [4.78, 5) is 15.0. The Kier molecular flexibility index (Phi) is 4.19. The largest absolute Gasteiger partial charge is 0.381 e. The van der Waals surface area contributed by atoms with Crippen LogP contribution in [0.4, 0.5) is 4.39 Å². The molecule has 1 aromatic rings. The van der Waals surface area contributed by atoms with Crippen molar-refractivity contribution in [3.05, 3.63) is 29.8 Å². The van der Waals surface area contributed by atoms with Crippen LogP contribution >= 0.6 is 0 Å². The molecule has 4 heteroatoms. The van der Waals surface area contributed by atoms with Crippen LogP contribution in [0.15, 0.2) is 18.5 Å². The Labute approximate surface area is 81.9 Å². The molecule has 0 atom stereocenters. The zero-order valence-corrected chi connectivity index (χ0v) is 8.00. The minimum atomic E-state index is -0.575. The van der Waals surface area contributed by atoms with Gasteiger partial charge in [-0.05, 0) is 13.0 Å². The van der Waals surface area contributed by atoms with Gasteiger partial charge in [0.2, 0.25) is 0 Å². The van der Waals surface area contributed by atoms with Crippen LogP contribution in [0, 0.1) is 5.82 Å². The molecule has 0 aliphatic rings. The standard InChI is InChI=1S/C10H12FNO2/c1-2-14-6-4-10(13)8-3-5-12-7-9(8)11/h3,5,7H,2,4,6H2,1H3. The Morgan fingerprint density at radius 1 is 1.64 bits per heavy atom. The molecule has 0 spiro atoms. The van der Waals surface area contributed by atoms with E-state index in [1.54, 1.807) is 0 Å². The number of hydrogen-bond acceptors (Lipinski definition) is 3. The molecule has 1 rings (SSSR count).